The molecular formula is C10H17N3O2S2. The van der Waals surface area contributed by atoms with Crippen molar-refractivity contribution in [3.05, 3.63) is 10.7 Å². The van der Waals surface area contributed by atoms with Gasteiger partial charge in [-0.15, -0.1) is 11.3 Å². The van der Waals surface area contributed by atoms with Crippen LogP contribution in [0.15, 0.2) is 4.21 Å². The predicted molar refractivity (Wildman–Crippen MR) is 67.8 cm³/mol. The fraction of sp³-hybridized carbons (Fsp3) is 0.700. The Hall–Kier alpha value is -0.500. The van der Waals surface area contributed by atoms with Gasteiger partial charge in [-0.05, 0) is 20.8 Å². The number of aryl methyl sites for hydroxylation is 2. The zero-order valence-corrected chi connectivity index (χ0v) is 11.9. The normalized spacial score (nSPS) is 22.9. The number of aromatic nitrogens is 1. The van der Waals surface area contributed by atoms with E-state index in [4.69, 9.17) is 0 Å². The third kappa shape index (κ3) is 2.37. The summed E-state index contributed by atoms with van der Waals surface area (Å²) in [6.07, 6.45) is 0. The molecule has 0 saturated carbocycles. The minimum atomic E-state index is -3.37. The molecule has 1 saturated heterocycles. The Labute approximate surface area is 106 Å². The molecule has 1 aliphatic rings. The average Bonchev–Trinajstić information content (AvgIpc) is 2.59. The van der Waals surface area contributed by atoms with Crippen LogP contribution in [0, 0.1) is 13.8 Å². The summed E-state index contributed by atoms with van der Waals surface area (Å²) in [5.41, 5.74) is 0.609. The molecule has 1 aromatic rings. The Morgan fingerprint density at radius 3 is 2.71 bits per heavy atom. The van der Waals surface area contributed by atoms with Crippen LogP contribution in [0.3, 0.4) is 0 Å². The number of thiazole rings is 1. The molecule has 1 N–H and O–H groups in total. The summed E-state index contributed by atoms with van der Waals surface area (Å²) < 4.78 is 27.0. The van der Waals surface area contributed by atoms with Crippen molar-refractivity contribution in [3.8, 4) is 0 Å². The van der Waals surface area contributed by atoms with E-state index in [1.807, 2.05) is 13.8 Å². The maximum Gasteiger partial charge on any atom is 0.254 e. The number of piperazine rings is 1. The summed E-state index contributed by atoms with van der Waals surface area (Å²) in [6.45, 7) is 7.45. The lowest BCUT2D eigenvalue weighted by molar-refractivity contribution is 0.284. The second-order valence-electron chi connectivity index (χ2n) is 4.27. The number of rotatable bonds is 2. The van der Waals surface area contributed by atoms with Crippen molar-refractivity contribution in [2.75, 3.05) is 19.6 Å². The van der Waals surface area contributed by atoms with Crippen LogP contribution in [-0.4, -0.2) is 43.4 Å². The first-order valence-electron chi connectivity index (χ1n) is 5.59. The predicted octanol–water partition coefficient (Wildman–Crippen LogP) is 0.742. The summed E-state index contributed by atoms with van der Waals surface area (Å²) in [7, 11) is -3.37. The second-order valence-corrected chi connectivity index (χ2v) is 7.56. The van der Waals surface area contributed by atoms with Crippen molar-refractivity contribution < 1.29 is 8.42 Å². The van der Waals surface area contributed by atoms with Gasteiger partial charge in [-0.2, -0.15) is 4.31 Å². The van der Waals surface area contributed by atoms with E-state index in [0.29, 0.717) is 29.5 Å². The molecule has 5 nitrogen and oxygen atoms in total. The van der Waals surface area contributed by atoms with E-state index < -0.39 is 10.0 Å². The van der Waals surface area contributed by atoms with Crippen molar-refractivity contribution in [2.45, 2.75) is 31.0 Å². The molecular weight excluding hydrogens is 258 g/mol. The Kier molecular flexibility index (Phi) is 3.53. The summed E-state index contributed by atoms with van der Waals surface area (Å²) in [5.74, 6) is 0. The molecule has 0 bridgehead atoms. The molecule has 1 aromatic heterocycles. The van der Waals surface area contributed by atoms with Gasteiger partial charge in [-0.25, -0.2) is 13.4 Å². The van der Waals surface area contributed by atoms with Gasteiger partial charge in [0.1, 0.15) is 0 Å². The van der Waals surface area contributed by atoms with Crippen molar-refractivity contribution in [3.63, 3.8) is 0 Å². The van der Waals surface area contributed by atoms with Gasteiger partial charge < -0.3 is 5.32 Å². The number of nitrogens with one attached hydrogen (secondary N) is 1. The molecule has 0 radical (unpaired) electrons. The topological polar surface area (TPSA) is 62.3 Å². The van der Waals surface area contributed by atoms with E-state index in [1.165, 1.54) is 11.3 Å². The number of nitrogens with zero attached hydrogens (tertiary/aromatic N) is 2. The van der Waals surface area contributed by atoms with Gasteiger partial charge in [0.25, 0.3) is 10.0 Å². The highest BCUT2D eigenvalue weighted by molar-refractivity contribution is 7.91. The molecule has 96 valence electrons. The van der Waals surface area contributed by atoms with Gasteiger partial charge in [0, 0.05) is 25.7 Å². The van der Waals surface area contributed by atoms with Gasteiger partial charge >= 0.3 is 0 Å². The fourth-order valence-electron chi connectivity index (χ4n) is 2.04. The van der Waals surface area contributed by atoms with Crippen molar-refractivity contribution in [1.29, 1.82) is 0 Å². The van der Waals surface area contributed by atoms with E-state index >= 15 is 0 Å². The van der Waals surface area contributed by atoms with Crippen LogP contribution in [-0.2, 0) is 10.0 Å². The molecule has 0 aromatic carbocycles. The standard InChI is InChI=1S/C10H17N3O2S2/c1-7-6-11-4-5-13(7)17(14,15)10-8(2)12-9(3)16-10/h7,11H,4-6H2,1-3H3. The first-order valence-corrected chi connectivity index (χ1v) is 7.85. The molecule has 17 heavy (non-hydrogen) atoms. The number of hydrogen-bond donors (Lipinski definition) is 1. The molecule has 1 fully saturated rings. The van der Waals surface area contributed by atoms with Crippen LogP contribution in [0.5, 0.6) is 0 Å². The van der Waals surface area contributed by atoms with E-state index in [0.717, 1.165) is 5.01 Å². The zero-order chi connectivity index (χ0) is 12.6. The minimum Gasteiger partial charge on any atom is -0.314 e. The summed E-state index contributed by atoms with van der Waals surface area (Å²) in [4.78, 5) is 4.19. The number of hydrogen-bond acceptors (Lipinski definition) is 5. The Morgan fingerprint density at radius 2 is 2.18 bits per heavy atom. The largest absolute Gasteiger partial charge is 0.314 e. The smallest absolute Gasteiger partial charge is 0.254 e. The summed E-state index contributed by atoms with van der Waals surface area (Å²) in [6, 6.07) is -0.00411. The van der Waals surface area contributed by atoms with Gasteiger partial charge in [-0.1, -0.05) is 0 Å². The van der Waals surface area contributed by atoms with Gasteiger partial charge in [0.2, 0.25) is 0 Å². The van der Waals surface area contributed by atoms with Crippen molar-refractivity contribution in [1.82, 2.24) is 14.6 Å². The van der Waals surface area contributed by atoms with Crippen LogP contribution in [0.25, 0.3) is 0 Å². The van der Waals surface area contributed by atoms with Crippen LogP contribution in [0.1, 0.15) is 17.6 Å². The SMILES string of the molecule is Cc1nc(C)c(S(=O)(=O)N2CCNCC2C)s1. The molecule has 2 rings (SSSR count). The molecule has 0 amide bonds. The molecule has 7 heteroatoms. The minimum absolute atomic E-state index is 0.00411. The highest BCUT2D eigenvalue weighted by Crippen LogP contribution is 2.27. The lowest BCUT2D eigenvalue weighted by Gasteiger charge is -2.32. The lowest BCUT2D eigenvalue weighted by Crippen LogP contribution is -2.52. The molecule has 1 aliphatic heterocycles. The fourth-order valence-corrected chi connectivity index (χ4v) is 5.26. The monoisotopic (exact) mass is 275 g/mol. The van der Waals surface area contributed by atoms with Crippen LogP contribution >= 0.6 is 11.3 Å². The quantitative estimate of drug-likeness (QED) is 0.865. The lowest BCUT2D eigenvalue weighted by atomic mass is 10.3. The van der Waals surface area contributed by atoms with E-state index in [1.54, 1.807) is 11.2 Å². The summed E-state index contributed by atoms with van der Waals surface area (Å²) >= 11 is 1.26. The van der Waals surface area contributed by atoms with Crippen LogP contribution in [0.4, 0.5) is 0 Å². The maximum atomic E-state index is 12.5. The highest BCUT2D eigenvalue weighted by atomic mass is 32.2. The van der Waals surface area contributed by atoms with E-state index in [2.05, 4.69) is 10.3 Å². The average molecular weight is 275 g/mol. The van der Waals surface area contributed by atoms with Gasteiger partial charge in [0.05, 0.1) is 10.7 Å². The van der Waals surface area contributed by atoms with Crippen molar-refractivity contribution >= 4 is 21.4 Å². The number of sulfonamides is 1. The third-order valence-electron chi connectivity index (χ3n) is 2.84. The van der Waals surface area contributed by atoms with Crippen molar-refractivity contribution in [2.24, 2.45) is 0 Å². The van der Waals surface area contributed by atoms with E-state index in [9.17, 15) is 8.42 Å². The first-order chi connectivity index (χ1) is 7.93. The zero-order valence-electron chi connectivity index (χ0n) is 10.2. The van der Waals surface area contributed by atoms with E-state index in [-0.39, 0.29) is 6.04 Å². The van der Waals surface area contributed by atoms with Crippen LogP contribution < -0.4 is 5.32 Å². The molecule has 1 atom stereocenters. The van der Waals surface area contributed by atoms with Gasteiger partial charge in [-0.3, -0.25) is 0 Å². The maximum absolute atomic E-state index is 12.5. The first kappa shape index (κ1) is 12.9. The molecule has 2 heterocycles. The van der Waals surface area contributed by atoms with Gasteiger partial charge in [0.15, 0.2) is 4.21 Å². The Bertz CT molecular complexity index is 510. The highest BCUT2D eigenvalue weighted by Gasteiger charge is 2.33. The Balaban J connectivity index is 2.39. The molecule has 1 unspecified atom stereocenters. The molecule has 0 spiro atoms. The molecule has 0 aliphatic carbocycles. The Morgan fingerprint density at radius 1 is 1.47 bits per heavy atom. The second kappa shape index (κ2) is 4.64. The summed E-state index contributed by atoms with van der Waals surface area (Å²) in [5, 5.41) is 3.98. The third-order valence-corrected chi connectivity index (χ3v) is 6.52. The van der Waals surface area contributed by atoms with Crippen LogP contribution in [0.2, 0.25) is 0 Å².